The van der Waals surface area contributed by atoms with Crippen molar-refractivity contribution in [2.24, 2.45) is 0 Å². The number of nitro benzene ring substituents is 1. The lowest BCUT2D eigenvalue weighted by molar-refractivity contribution is -0.385. The van der Waals surface area contributed by atoms with E-state index >= 15 is 0 Å². The Kier molecular flexibility index (Phi) is 6.69. The van der Waals surface area contributed by atoms with E-state index < -0.39 is 4.92 Å². The fraction of sp³-hybridized carbons (Fsp3) is 0.316. The number of hydrogen-bond donors (Lipinski definition) is 1. The van der Waals surface area contributed by atoms with Crippen LogP contribution >= 0.6 is 11.3 Å². The van der Waals surface area contributed by atoms with Gasteiger partial charge in [0.15, 0.2) is 0 Å². The number of benzene rings is 1. The van der Waals surface area contributed by atoms with Gasteiger partial charge >= 0.3 is 0 Å². The molecule has 2 heterocycles. The predicted octanol–water partition coefficient (Wildman–Crippen LogP) is 2.86. The minimum absolute atomic E-state index is 0.0219. The van der Waals surface area contributed by atoms with Crippen molar-refractivity contribution < 1.29 is 14.5 Å². The van der Waals surface area contributed by atoms with Gasteiger partial charge in [0.2, 0.25) is 5.91 Å². The van der Waals surface area contributed by atoms with E-state index in [2.05, 4.69) is 16.3 Å². The Balaban J connectivity index is 1.63. The maximum absolute atomic E-state index is 12.2. The molecule has 0 bridgehead atoms. The molecule has 0 spiro atoms. The Labute approximate surface area is 161 Å². The second-order valence-electron chi connectivity index (χ2n) is 6.07. The van der Waals surface area contributed by atoms with Crippen LogP contribution in [-0.4, -0.2) is 48.6 Å². The van der Waals surface area contributed by atoms with Crippen molar-refractivity contribution in [2.75, 3.05) is 32.8 Å². The van der Waals surface area contributed by atoms with E-state index in [0.29, 0.717) is 25.3 Å². The normalized spacial score (nSPS) is 16.3. The molecule has 3 rings (SSSR count). The molecule has 1 N–H and O–H groups in total. The molecule has 1 aromatic heterocycles. The van der Waals surface area contributed by atoms with E-state index in [4.69, 9.17) is 4.74 Å². The molecule has 1 unspecified atom stereocenters. The van der Waals surface area contributed by atoms with Gasteiger partial charge in [-0.2, -0.15) is 0 Å². The number of ether oxygens (including phenoxy) is 1. The lowest BCUT2D eigenvalue weighted by Gasteiger charge is -2.34. The summed E-state index contributed by atoms with van der Waals surface area (Å²) in [6.07, 6.45) is 2.81. The van der Waals surface area contributed by atoms with E-state index in [1.54, 1.807) is 29.5 Å². The van der Waals surface area contributed by atoms with Gasteiger partial charge in [-0.15, -0.1) is 11.3 Å². The summed E-state index contributed by atoms with van der Waals surface area (Å²) in [5.41, 5.74) is 0.381. The highest BCUT2D eigenvalue weighted by Gasteiger charge is 2.23. The molecule has 142 valence electrons. The Hall–Kier alpha value is -2.55. The number of nitro groups is 1. The number of carbonyl (C=O) groups excluding carboxylic acids is 1. The third-order valence-electron chi connectivity index (χ3n) is 4.38. The monoisotopic (exact) mass is 387 g/mol. The third-order valence-corrected chi connectivity index (χ3v) is 5.35. The number of hydrogen-bond acceptors (Lipinski definition) is 6. The molecule has 0 saturated carbocycles. The second-order valence-corrected chi connectivity index (χ2v) is 7.05. The van der Waals surface area contributed by atoms with Crippen molar-refractivity contribution in [3.05, 3.63) is 68.4 Å². The Morgan fingerprint density at radius 1 is 1.30 bits per heavy atom. The first-order valence-electron chi connectivity index (χ1n) is 8.69. The highest BCUT2D eigenvalue weighted by atomic mass is 32.1. The van der Waals surface area contributed by atoms with Gasteiger partial charge in [-0.3, -0.25) is 19.8 Å². The van der Waals surface area contributed by atoms with Gasteiger partial charge in [0, 0.05) is 36.7 Å². The van der Waals surface area contributed by atoms with Crippen molar-refractivity contribution in [1.82, 2.24) is 10.2 Å². The molecule has 1 saturated heterocycles. The summed E-state index contributed by atoms with van der Waals surface area (Å²) in [5, 5.41) is 16.0. The van der Waals surface area contributed by atoms with Crippen LogP contribution in [0.1, 0.15) is 16.5 Å². The largest absolute Gasteiger partial charge is 0.379 e. The van der Waals surface area contributed by atoms with Gasteiger partial charge in [0.05, 0.1) is 29.7 Å². The number of rotatable bonds is 7. The summed E-state index contributed by atoms with van der Waals surface area (Å²) < 4.78 is 5.42. The van der Waals surface area contributed by atoms with Gasteiger partial charge in [0.25, 0.3) is 5.69 Å². The van der Waals surface area contributed by atoms with Crippen LogP contribution in [0.2, 0.25) is 0 Å². The first kappa shape index (κ1) is 19.2. The van der Waals surface area contributed by atoms with Crippen molar-refractivity contribution in [2.45, 2.75) is 6.04 Å². The van der Waals surface area contributed by atoms with Crippen LogP contribution in [0.5, 0.6) is 0 Å². The summed E-state index contributed by atoms with van der Waals surface area (Å²) in [5.74, 6) is -0.275. The molecular formula is C19H21N3O4S. The van der Waals surface area contributed by atoms with Gasteiger partial charge in [-0.1, -0.05) is 18.2 Å². The topological polar surface area (TPSA) is 84.7 Å². The average Bonchev–Trinajstić information content (AvgIpc) is 3.22. The molecule has 27 heavy (non-hydrogen) atoms. The highest BCUT2D eigenvalue weighted by molar-refractivity contribution is 7.10. The number of thiophene rings is 1. The van der Waals surface area contributed by atoms with Crippen molar-refractivity contribution >= 4 is 29.0 Å². The molecule has 2 aromatic rings. The fourth-order valence-corrected chi connectivity index (χ4v) is 3.86. The van der Waals surface area contributed by atoms with Crippen LogP contribution < -0.4 is 5.32 Å². The highest BCUT2D eigenvalue weighted by Crippen LogP contribution is 2.25. The summed E-state index contributed by atoms with van der Waals surface area (Å²) in [4.78, 5) is 26.3. The number of carbonyl (C=O) groups is 1. The van der Waals surface area contributed by atoms with Crippen molar-refractivity contribution in [1.29, 1.82) is 0 Å². The number of nitrogens with zero attached hydrogens (tertiary/aromatic N) is 2. The third kappa shape index (κ3) is 5.22. The molecule has 1 atom stereocenters. The predicted molar refractivity (Wildman–Crippen MR) is 105 cm³/mol. The standard InChI is InChI=1S/C19H21N3O4S/c23-19(8-7-15-4-1-2-5-16(15)22(24)25)20-14-17(18-6-3-13-27-18)21-9-11-26-12-10-21/h1-8,13,17H,9-12,14H2,(H,20,23). The van der Waals surface area contributed by atoms with Crippen LogP contribution in [-0.2, 0) is 9.53 Å². The lowest BCUT2D eigenvalue weighted by Crippen LogP contribution is -2.43. The van der Waals surface area contributed by atoms with E-state index in [-0.39, 0.29) is 17.6 Å². The lowest BCUT2D eigenvalue weighted by atomic mass is 10.1. The zero-order valence-corrected chi connectivity index (χ0v) is 15.6. The summed E-state index contributed by atoms with van der Waals surface area (Å²) in [6, 6.07) is 10.5. The fourth-order valence-electron chi connectivity index (χ4n) is 3.00. The zero-order valence-electron chi connectivity index (χ0n) is 14.7. The van der Waals surface area contributed by atoms with E-state index in [1.807, 2.05) is 11.4 Å². The van der Waals surface area contributed by atoms with Crippen LogP contribution in [0.3, 0.4) is 0 Å². The maximum Gasteiger partial charge on any atom is 0.276 e. The SMILES string of the molecule is O=C(C=Cc1ccccc1[N+](=O)[O-])NCC(c1cccs1)N1CCOCC1. The molecule has 1 amide bonds. The van der Waals surface area contributed by atoms with Gasteiger partial charge in [-0.05, 0) is 23.6 Å². The Bertz CT molecular complexity index is 801. The van der Waals surface area contributed by atoms with Crippen LogP contribution in [0.25, 0.3) is 6.08 Å². The molecule has 8 heteroatoms. The first-order valence-corrected chi connectivity index (χ1v) is 9.57. The second kappa shape index (κ2) is 9.40. The smallest absolute Gasteiger partial charge is 0.276 e. The van der Waals surface area contributed by atoms with E-state index in [1.165, 1.54) is 23.1 Å². The molecular weight excluding hydrogens is 366 g/mol. The maximum atomic E-state index is 12.2. The molecule has 1 aromatic carbocycles. The number of para-hydroxylation sites is 1. The minimum Gasteiger partial charge on any atom is -0.379 e. The Morgan fingerprint density at radius 3 is 2.78 bits per heavy atom. The van der Waals surface area contributed by atoms with E-state index in [9.17, 15) is 14.9 Å². The summed E-state index contributed by atoms with van der Waals surface area (Å²) >= 11 is 1.66. The molecule has 0 radical (unpaired) electrons. The molecule has 7 nitrogen and oxygen atoms in total. The Morgan fingerprint density at radius 2 is 2.07 bits per heavy atom. The number of amides is 1. The van der Waals surface area contributed by atoms with Crippen molar-refractivity contribution in [3.63, 3.8) is 0 Å². The van der Waals surface area contributed by atoms with Crippen LogP contribution in [0.4, 0.5) is 5.69 Å². The number of nitrogens with one attached hydrogen (secondary N) is 1. The van der Waals surface area contributed by atoms with Gasteiger partial charge < -0.3 is 10.1 Å². The average molecular weight is 387 g/mol. The van der Waals surface area contributed by atoms with E-state index in [0.717, 1.165) is 13.1 Å². The number of morpholine rings is 1. The summed E-state index contributed by atoms with van der Waals surface area (Å²) in [7, 11) is 0. The van der Waals surface area contributed by atoms with Gasteiger partial charge in [0.1, 0.15) is 0 Å². The molecule has 0 aliphatic carbocycles. The van der Waals surface area contributed by atoms with Crippen LogP contribution in [0.15, 0.2) is 47.9 Å². The van der Waals surface area contributed by atoms with Gasteiger partial charge in [-0.25, -0.2) is 0 Å². The summed E-state index contributed by atoms with van der Waals surface area (Å²) in [6.45, 7) is 3.50. The minimum atomic E-state index is -0.456. The molecule has 1 aliphatic heterocycles. The molecule has 1 fully saturated rings. The zero-order chi connectivity index (χ0) is 19.1. The quantitative estimate of drug-likeness (QED) is 0.449. The first-order chi connectivity index (χ1) is 13.1. The van der Waals surface area contributed by atoms with Crippen LogP contribution in [0, 0.1) is 10.1 Å². The molecule has 1 aliphatic rings. The van der Waals surface area contributed by atoms with Crippen molar-refractivity contribution in [3.8, 4) is 0 Å².